The molecule has 0 atom stereocenters. The second-order valence-corrected chi connectivity index (χ2v) is 6.58. The summed E-state index contributed by atoms with van der Waals surface area (Å²) in [5, 5.41) is 2.66. The molecular formula is C12H18N2O3S. The molecule has 1 rings (SSSR count). The molecule has 0 heterocycles. The molecule has 1 aromatic carbocycles. The van der Waals surface area contributed by atoms with Crippen molar-refractivity contribution in [1.82, 2.24) is 0 Å². The average molecular weight is 270 g/mol. The van der Waals surface area contributed by atoms with Gasteiger partial charge in [0, 0.05) is 23.5 Å². The van der Waals surface area contributed by atoms with E-state index >= 15 is 0 Å². The smallest absolute Gasteiger partial charge is 0.225 e. The zero-order valence-corrected chi connectivity index (χ0v) is 11.4. The topological polar surface area (TPSA) is 89.3 Å². The first-order valence-corrected chi connectivity index (χ1v) is 7.52. The summed E-state index contributed by atoms with van der Waals surface area (Å²) in [7, 11) is -3.11. The molecule has 3 N–H and O–H groups in total. The van der Waals surface area contributed by atoms with Gasteiger partial charge in [0.1, 0.15) is 0 Å². The number of rotatable bonds is 5. The first-order chi connectivity index (χ1) is 8.34. The lowest BCUT2D eigenvalue weighted by Gasteiger charge is -2.09. The van der Waals surface area contributed by atoms with Crippen LogP contribution in [0.1, 0.15) is 18.9 Å². The summed E-state index contributed by atoms with van der Waals surface area (Å²) in [5.41, 5.74) is 7.68. The summed E-state index contributed by atoms with van der Waals surface area (Å²) in [6, 6.07) is 5.20. The standard InChI is InChI=1S/C12H18N2O3S/c1-3-18(16,17)7-6-12(15)14-11-8-10(13)5-4-9(11)2/h4-5,8H,3,6-7,13H2,1-2H3,(H,14,15). The number of nitrogen functional groups attached to an aromatic ring is 1. The van der Waals surface area contributed by atoms with Crippen LogP contribution in [-0.2, 0) is 14.6 Å². The maximum atomic E-state index is 11.6. The van der Waals surface area contributed by atoms with Crippen LogP contribution in [0.2, 0.25) is 0 Å². The van der Waals surface area contributed by atoms with Crippen LogP contribution in [0.5, 0.6) is 0 Å². The molecule has 100 valence electrons. The molecule has 1 aromatic rings. The van der Waals surface area contributed by atoms with Gasteiger partial charge in [0.2, 0.25) is 5.91 Å². The van der Waals surface area contributed by atoms with Crippen LogP contribution in [-0.4, -0.2) is 25.8 Å². The molecule has 0 saturated carbocycles. The summed E-state index contributed by atoms with van der Waals surface area (Å²) in [5.74, 6) is -0.394. The quantitative estimate of drug-likeness (QED) is 0.790. The monoisotopic (exact) mass is 270 g/mol. The number of carbonyl (C=O) groups is 1. The highest BCUT2D eigenvalue weighted by atomic mass is 32.2. The van der Waals surface area contributed by atoms with Crippen LogP contribution >= 0.6 is 0 Å². The summed E-state index contributed by atoms with van der Waals surface area (Å²) in [4.78, 5) is 11.6. The molecule has 5 nitrogen and oxygen atoms in total. The molecule has 0 aliphatic carbocycles. The second-order valence-electron chi connectivity index (χ2n) is 4.11. The Hall–Kier alpha value is -1.56. The van der Waals surface area contributed by atoms with E-state index in [9.17, 15) is 13.2 Å². The van der Waals surface area contributed by atoms with E-state index in [1.165, 1.54) is 0 Å². The van der Waals surface area contributed by atoms with Crippen molar-refractivity contribution in [2.24, 2.45) is 0 Å². The van der Waals surface area contributed by atoms with Crippen LogP contribution < -0.4 is 11.1 Å². The first kappa shape index (κ1) is 14.5. The molecule has 6 heteroatoms. The van der Waals surface area contributed by atoms with Crippen molar-refractivity contribution >= 4 is 27.1 Å². The Morgan fingerprint density at radius 1 is 1.39 bits per heavy atom. The van der Waals surface area contributed by atoms with Gasteiger partial charge in [0.25, 0.3) is 0 Å². The van der Waals surface area contributed by atoms with Gasteiger partial charge in [0.05, 0.1) is 5.75 Å². The fraction of sp³-hybridized carbons (Fsp3) is 0.417. The van der Waals surface area contributed by atoms with Gasteiger partial charge in [-0.25, -0.2) is 8.42 Å². The number of anilines is 2. The summed E-state index contributed by atoms with van der Waals surface area (Å²) < 4.78 is 22.6. The predicted molar refractivity (Wildman–Crippen MR) is 73.2 cm³/mol. The molecule has 0 fully saturated rings. The second kappa shape index (κ2) is 5.86. The Morgan fingerprint density at radius 3 is 2.67 bits per heavy atom. The van der Waals surface area contributed by atoms with E-state index in [1.807, 2.05) is 6.92 Å². The van der Waals surface area contributed by atoms with Gasteiger partial charge in [-0.1, -0.05) is 13.0 Å². The third-order valence-corrected chi connectivity index (χ3v) is 4.32. The highest BCUT2D eigenvalue weighted by molar-refractivity contribution is 7.91. The van der Waals surface area contributed by atoms with Crippen LogP contribution in [0.25, 0.3) is 0 Å². The van der Waals surface area contributed by atoms with Crippen molar-refractivity contribution in [1.29, 1.82) is 0 Å². The number of nitrogens with one attached hydrogen (secondary N) is 1. The van der Waals surface area contributed by atoms with Crippen molar-refractivity contribution in [2.45, 2.75) is 20.3 Å². The fourth-order valence-corrected chi connectivity index (χ4v) is 2.16. The molecule has 0 bridgehead atoms. The van der Waals surface area contributed by atoms with E-state index in [0.29, 0.717) is 11.4 Å². The molecule has 0 aliphatic heterocycles. The number of hydrogen-bond acceptors (Lipinski definition) is 4. The molecule has 1 amide bonds. The fourth-order valence-electron chi connectivity index (χ4n) is 1.38. The first-order valence-electron chi connectivity index (χ1n) is 5.70. The maximum Gasteiger partial charge on any atom is 0.225 e. The zero-order valence-electron chi connectivity index (χ0n) is 10.6. The Morgan fingerprint density at radius 2 is 2.06 bits per heavy atom. The normalized spacial score (nSPS) is 11.2. The highest BCUT2D eigenvalue weighted by Gasteiger charge is 2.12. The number of sulfone groups is 1. The van der Waals surface area contributed by atoms with Gasteiger partial charge in [-0.05, 0) is 24.6 Å². The van der Waals surface area contributed by atoms with Gasteiger partial charge in [-0.3, -0.25) is 4.79 Å². The van der Waals surface area contributed by atoms with Crippen molar-refractivity contribution in [3.63, 3.8) is 0 Å². The van der Waals surface area contributed by atoms with E-state index in [2.05, 4.69) is 5.32 Å². The summed E-state index contributed by atoms with van der Waals surface area (Å²) in [6.07, 6.45) is -0.0373. The molecule has 0 radical (unpaired) electrons. The third kappa shape index (κ3) is 4.37. The predicted octanol–water partition coefficient (Wildman–Crippen LogP) is 1.34. The molecule has 0 spiro atoms. The third-order valence-electron chi connectivity index (χ3n) is 2.62. The average Bonchev–Trinajstić information content (AvgIpc) is 2.31. The number of benzene rings is 1. The minimum absolute atomic E-state index is 0.0373. The lowest BCUT2D eigenvalue weighted by atomic mass is 10.2. The maximum absolute atomic E-state index is 11.6. The number of nitrogens with two attached hydrogens (primary N) is 1. The van der Waals surface area contributed by atoms with E-state index in [1.54, 1.807) is 25.1 Å². The Kier molecular flexibility index (Phi) is 4.72. The molecular weight excluding hydrogens is 252 g/mol. The van der Waals surface area contributed by atoms with Crippen molar-refractivity contribution in [3.8, 4) is 0 Å². The van der Waals surface area contributed by atoms with Gasteiger partial charge in [-0.15, -0.1) is 0 Å². The SMILES string of the molecule is CCS(=O)(=O)CCC(=O)Nc1cc(N)ccc1C. The van der Waals surface area contributed by atoms with E-state index in [0.717, 1.165) is 5.56 Å². The van der Waals surface area contributed by atoms with Crippen LogP contribution in [0.3, 0.4) is 0 Å². The zero-order chi connectivity index (χ0) is 13.8. The minimum atomic E-state index is -3.11. The molecule has 0 aliphatic rings. The van der Waals surface area contributed by atoms with E-state index in [4.69, 9.17) is 5.73 Å². The van der Waals surface area contributed by atoms with Gasteiger partial charge >= 0.3 is 0 Å². The molecule has 0 aromatic heterocycles. The van der Waals surface area contributed by atoms with E-state index in [-0.39, 0.29) is 23.8 Å². The number of aryl methyl sites for hydroxylation is 1. The summed E-state index contributed by atoms with van der Waals surface area (Å²) in [6.45, 7) is 3.41. The summed E-state index contributed by atoms with van der Waals surface area (Å²) >= 11 is 0. The minimum Gasteiger partial charge on any atom is -0.399 e. The van der Waals surface area contributed by atoms with E-state index < -0.39 is 9.84 Å². The highest BCUT2D eigenvalue weighted by Crippen LogP contribution is 2.18. The van der Waals surface area contributed by atoms with Crippen molar-refractivity contribution < 1.29 is 13.2 Å². The number of carbonyl (C=O) groups excluding carboxylic acids is 1. The largest absolute Gasteiger partial charge is 0.399 e. The Labute approximate surface area is 107 Å². The van der Waals surface area contributed by atoms with Crippen molar-refractivity contribution in [2.75, 3.05) is 22.6 Å². The lowest BCUT2D eigenvalue weighted by molar-refractivity contribution is -0.115. The van der Waals surface area contributed by atoms with Crippen LogP contribution in [0, 0.1) is 6.92 Å². The number of hydrogen-bond donors (Lipinski definition) is 2. The Bertz CT molecular complexity index is 538. The number of amides is 1. The van der Waals surface area contributed by atoms with Crippen LogP contribution in [0.15, 0.2) is 18.2 Å². The Balaban J connectivity index is 2.63. The van der Waals surface area contributed by atoms with Crippen molar-refractivity contribution in [3.05, 3.63) is 23.8 Å². The molecule has 18 heavy (non-hydrogen) atoms. The van der Waals surface area contributed by atoms with Gasteiger partial charge in [-0.2, -0.15) is 0 Å². The van der Waals surface area contributed by atoms with Crippen LogP contribution in [0.4, 0.5) is 11.4 Å². The molecule has 0 saturated heterocycles. The molecule has 0 unspecified atom stereocenters. The van der Waals surface area contributed by atoms with Gasteiger partial charge in [0.15, 0.2) is 9.84 Å². The van der Waals surface area contributed by atoms with Gasteiger partial charge < -0.3 is 11.1 Å². The lowest BCUT2D eigenvalue weighted by Crippen LogP contribution is -2.18.